The summed E-state index contributed by atoms with van der Waals surface area (Å²) in [5.41, 5.74) is 0. The number of para-hydroxylation sites is 1. The number of hydrogen-bond acceptors (Lipinski definition) is 3. The Kier molecular flexibility index (Phi) is 8.83. The predicted octanol–water partition coefficient (Wildman–Crippen LogP) is 3.29. The maximum atomic E-state index is 11.9. The molecule has 4 nitrogen and oxygen atoms in total. The van der Waals surface area contributed by atoms with Gasteiger partial charge in [-0.15, -0.1) is 12.4 Å². The minimum absolute atomic E-state index is 0. The first-order valence-electron chi connectivity index (χ1n) is 7.55. The number of piperidine rings is 1. The molecule has 0 bridgehead atoms. The van der Waals surface area contributed by atoms with E-state index in [4.69, 9.17) is 4.74 Å². The van der Waals surface area contributed by atoms with E-state index in [-0.39, 0.29) is 18.3 Å². The van der Waals surface area contributed by atoms with Gasteiger partial charge in [0.25, 0.3) is 0 Å². The summed E-state index contributed by atoms with van der Waals surface area (Å²) in [5.74, 6) is 0.954. The van der Waals surface area contributed by atoms with E-state index in [1.54, 1.807) is 0 Å². The number of benzene rings is 1. The van der Waals surface area contributed by atoms with Gasteiger partial charge in [0.05, 0.1) is 11.1 Å². The Morgan fingerprint density at radius 3 is 2.95 bits per heavy atom. The van der Waals surface area contributed by atoms with Crippen molar-refractivity contribution in [3.63, 3.8) is 0 Å². The van der Waals surface area contributed by atoms with Crippen LogP contribution in [-0.4, -0.2) is 31.1 Å². The minimum Gasteiger partial charge on any atom is -0.492 e. The third-order valence-electron chi connectivity index (χ3n) is 3.63. The third kappa shape index (κ3) is 6.55. The second-order valence-corrected chi connectivity index (χ2v) is 6.38. The summed E-state index contributed by atoms with van der Waals surface area (Å²) >= 11 is 3.44. The first kappa shape index (κ1) is 19.3. The van der Waals surface area contributed by atoms with Crippen molar-refractivity contribution in [1.29, 1.82) is 0 Å². The van der Waals surface area contributed by atoms with Gasteiger partial charge in [0.2, 0.25) is 5.91 Å². The van der Waals surface area contributed by atoms with Crippen LogP contribution in [0.25, 0.3) is 0 Å². The lowest BCUT2D eigenvalue weighted by molar-refractivity contribution is -0.122. The van der Waals surface area contributed by atoms with Crippen LogP contribution in [0, 0.1) is 0 Å². The number of carbonyl (C=O) groups excluding carboxylic acids is 1. The zero-order chi connectivity index (χ0) is 15.1. The highest BCUT2D eigenvalue weighted by atomic mass is 79.9. The maximum Gasteiger partial charge on any atom is 0.220 e. The Morgan fingerprint density at radius 1 is 1.45 bits per heavy atom. The van der Waals surface area contributed by atoms with Crippen molar-refractivity contribution < 1.29 is 9.53 Å². The van der Waals surface area contributed by atoms with Gasteiger partial charge in [0, 0.05) is 18.5 Å². The van der Waals surface area contributed by atoms with Gasteiger partial charge in [-0.2, -0.15) is 0 Å². The molecule has 0 radical (unpaired) electrons. The molecule has 2 rings (SSSR count). The van der Waals surface area contributed by atoms with Crippen molar-refractivity contribution >= 4 is 34.2 Å². The zero-order valence-corrected chi connectivity index (χ0v) is 15.2. The van der Waals surface area contributed by atoms with Crippen molar-refractivity contribution in [1.82, 2.24) is 10.6 Å². The number of amides is 1. The van der Waals surface area contributed by atoms with E-state index in [0.29, 0.717) is 25.1 Å². The Hall–Kier alpha value is -0.780. The van der Waals surface area contributed by atoms with E-state index in [1.165, 1.54) is 0 Å². The van der Waals surface area contributed by atoms with Crippen molar-refractivity contribution in [2.24, 2.45) is 0 Å². The van der Waals surface area contributed by atoms with E-state index >= 15 is 0 Å². The molecule has 6 heteroatoms. The van der Waals surface area contributed by atoms with E-state index in [0.717, 1.165) is 36.0 Å². The Labute approximate surface area is 146 Å². The molecule has 1 aromatic rings. The fourth-order valence-electron chi connectivity index (χ4n) is 2.54. The number of rotatable bonds is 6. The number of halogens is 2. The number of carbonyl (C=O) groups is 1. The van der Waals surface area contributed by atoms with E-state index in [2.05, 4.69) is 33.5 Å². The van der Waals surface area contributed by atoms with Crippen LogP contribution in [0.2, 0.25) is 0 Å². The second kappa shape index (κ2) is 10.1. The highest BCUT2D eigenvalue weighted by Gasteiger charge is 2.19. The summed E-state index contributed by atoms with van der Waals surface area (Å²) < 4.78 is 6.60. The van der Waals surface area contributed by atoms with Crippen LogP contribution in [-0.2, 0) is 4.79 Å². The Morgan fingerprint density at radius 2 is 2.23 bits per heavy atom. The summed E-state index contributed by atoms with van der Waals surface area (Å²) in [4.78, 5) is 11.9. The average molecular weight is 392 g/mol. The van der Waals surface area contributed by atoms with Crippen LogP contribution in [0.15, 0.2) is 28.7 Å². The molecule has 0 aliphatic carbocycles. The van der Waals surface area contributed by atoms with Gasteiger partial charge in [-0.05, 0) is 60.8 Å². The highest BCUT2D eigenvalue weighted by molar-refractivity contribution is 9.10. The topological polar surface area (TPSA) is 50.4 Å². The smallest absolute Gasteiger partial charge is 0.220 e. The van der Waals surface area contributed by atoms with Gasteiger partial charge >= 0.3 is 0 Å². The van der Waals surface area contributed by atoms with Crippen LogP contribution < -0.4 is 15.4 Å². The Bertz CT molecular complexity index is 473. The van der Waals surface area contributed by atoms with Crippen LogP contribution in [0.3, 0.4) is 0 Å². The molecular weight excluding hydrogens is 368 g/mol. The molecule has 0 saturated carbocycles. The summed E-state index contributed by atoms with van der Waals surface area (Å²) in [6.45, 7) is 3.69. The van der Waals surface area contributed by atoms with Crippen LogP contribution in [0.5, 0.6) is 5.75 Å². The van der Waals surface area contributed by atoms with Gasteiger partial charge < -0.3 is 15.4 Å². The summed E-state index contributed by atoms with van der Waals surface area (Å²) in [7, 11) is 0. The van der Waals surface area contributed by atoms with E-state index in [1.807, 2.05) is 24.3 Å². The van der Waals surface area contributed by atoms with E-state index in [9.17, 15) is 4.79 Å². The monoisotopic (exact) mass is 390 g/mol. The average Bonchev–Trinajstić information content (AvgIpc) is 2.45. The van der Waals surface area contributed by atoms with Gasteiger partial charge in [0.1, 0.15) is 5.75 Å². The fraction of sp³-hybridized carbons (Fsp3) is 0.562. The van der Waals surface area contributed by atoms with E-state index < -0.39 is 0 Å². The summed E-state index contributed by atoms with van der Waals surface area (Å²) in [6.07, 6.45) is 3.28. The third-order valence-corrected chi connectivity index (χ3v) is 4.29. The first-order chi connectivity index (χ1) is 10.1. The molecule has 1 aromatic carbocycles. The molecule has 1 aliphatic rings. The van der Waals surface area contributed by atoms with Crippen molar-refractivity contribution in [2.75, 3.05) is 13.2 Å². The quantitative estimate of drug-likeness (QED) is 0.732. The lowest BCUT2D eigenvalue weighted by Crippen LogP contribution is -2.46. The standard InChI is InChI=1S/C16H23BrN2O2.ClH/c1-12-11-13(8-9-18-12)19-16(20)7-4-10-21-15-6-3-2-5-14(15)17;/h2-3,5-6,12-13,18H,4,7-11H2,1H3,(H,19,20);1H. The molecule has 2 N–H and O–H groups in total. The molecule has 2 atom stereocenters. The molecule has 1 aliphatic heterocycles. The Balaban J connectivity index is 0.00000242. The molecule has 0 aromatic heterocycles. The highest BCUT2D eigenvalue weighted by Crippen LogP contribution is 2.23. The molecule has 124 valence electrons. The largest absolute Gasteiger partial charge is 0.492 e. The van der Waals surface area contributed by atoms with Gasteiger partial charge in [-0.1, -0.05) is 12.1 Å². The van der Waals surface area contributed by atoms with Crippen LogP contribution in [0.1, 0.15) is 32.6 Å². The predicted molar refractivity (Wildman–Crippen MR) is 94.7 cm³/mol. The lowest BCUT2D eigenvalue weighted by atomic mass is 10.0. The van der Waals surface area contributed by atoms with Crippen molar-refractivity contribution in [3.8, 4) is 5.75 Å². The molecule has 0 spiro atoms. The molecule has 22 heavy (non-hydrogen) atoms. The number of ether oxygens (including phenoxy) is 1. The maximum absolute atomic E-state index is 11.9. The molecule has 1 fully saturated rings. The van der Waals surface area contributed by atoms with Crippen LogP contribution in [0.4, 0.5) is 0 Å². The summed E-state index contributed by atoms with van der Waals surface area (Å²) in [6, 6.07) is 8.55. The van der Waals surface area contributed by atoms with Crippen molar-refractivity contribution in [2.45, 2.75) is 44.7 Å². The molecule has 2 unspecified atom stereocenters. The van der Waals surface area contributed by atoms with Crippen LogP contribution >= 0.6 is 28.3 Å². The molecule has 1 saturated heterocycles. The lowest BCUT2D eigenvalue weighted by Gasteiger charge is -2.28. The normalized spacial score (nSPS) is 20.8. The molecule has 1 heterocycles. The number of nitrogens with one attached hydrogen (secondary N) is 2. The fourth-order valence-corrected chi connectivity index (χ4v) is 2.94. The van der Waals surface area contributed by atoms with Gasteiger partial charge in [-0.25, -0.2) is 0 Å². The first-order valence-corrected chi connectivity index (χ1v) is 8.34. The zero-order valence-electron chi connectivity index (χ0n) is 12.8. The number of hydrogen-bond donors (Lipinski definition) is 2. The minimum atomic E-state index is 0. The molecular formula is C16H24BrClN2O2. The van der Waals surface area contributed by atoms with Gasteiger partial charge in [-0.3, -0.25) is 4.79 Å². The second-order valence-electron chi connectivity index (χ2n) is 5.53. The summed E-state index contributed by atoms with van der Waals surface area (Å²) in [5, 5.41) is 6.50. The van der Waals surface area contributed by atoms with Crippen molar-refractivity contribution in [3.05, 3.63) is 28.7 Å². The molecule has 1 amide bonds. The van der Waals surface area contributed by atoms with Gasteiger partial charge in [0.15, 0.2) is 0 Å². The SMILES string of the molecule is CC1CC(NC(=O)CCCOc2ccccc2Br)CCN1.Cl.